The normalized spacial score (nSPS) is 13.2. The topological polar surface area (TPSA) is 75.6 Å². The van der Waals surface area contributed by atoms with E-state index in [9.17, 15) is 14.7 Å². The first-order valence-electron chi connectivity index (χ1n) is 9.62. The minimum absolute atomic E-state index is 0.0436. The first kappa shape index (κ1) is 20.4. The summed E-state index contributed by atoms with van der Waals surface area (Å²) in [6.07, 6.45) is -0.840. The van der Waals surface area contributed by atoms with Crippen LogP contribution in [-0.2, 0) is 9.53 Å². The number of rotatable bonds is 6. The molecule has 3 aromatic rings. The number of ether oxygens (including phenoxy) is 1. The number of nitrogens with one attached hydrogen (secondary N) is 1. The first-order chi connectivity index (χ1) is 14.5. The Balaban J connectivity index is 1.49. The van der Waals surface area contributed by atoms with Crippen molar-refractivity contribution in [3.8, 4) is 11.1 Å². The van der Waals surface area contributed by atoms with Crippen molar-refractivity contribution in [1.82, 2.24) is 5.32 Å². The molecule has 6 heteroatoms. The average Bonchev–Trinajstić information content (AvgIpc) is 3.06. The molecule has 0 radical (unpaired) electrons. The van der Waals surface area contributed by atoms with Gasteiger partial charge < -0.3 is 15.2 Å². The molecule has 0 saturated carbocycles. The molecule has 152 valence electrons. The van der Waals surface area contributed by atoms with Crippen LogP contribution in [0.4, 0.5) is 4.79 Å². The van der Waals surface area contributed by atoms with Gasteiger partial charge in [-0.1, -0.05) is 66.7 Å². The molecule has 1 amide bonds. The quantitative estimate of drug-likeness (QED) is 0.436. The van der Waals surface area contributed by atoms with Crippen molar-refractivity contribution in [3.63, 3.8) is 0 Å². The van der Waals surface area contributed by atoms with Crippen molar-refractivity contribution in [1.29, 1.82) is 0 Å². The smallest absolute Gasteiger partial charge is 0.407 e. The Morgan fingerprint density at radius 2 is 1.50 bits per heavy atom. The molecule has 0 spiro atoms. The van der Waals surface area contributed by atoms with Gasteiger partial charge in [-0.2, -0.15) is 0 Å². The molecule has 0 aromatic heterocycles. The highest BCUT2D eigenvalue weighted by molar-refractivity contribution is 14.1. The number of carbonyl (C=O) groups excluding carboxylic acids is 1. The van der Waals surface area contributed by atoms with Crippen LogP contribution in [0.2, 0.25) is 0 Å². The van der Waals surface area contributed by atoms with Crippen molar-refractivity contribution in [2.24, 2.45) is 0 Å². The van der Waals surface area contributed by atoms with Crippen LogP contribution >= 0.6 is 22.6 Å². The monoisotopic (exact) mass is 513 g/mol. The van der Waals surface area contributed by atoms with Gasteiger partial charge in [0.05, 0.1) is 12.5 Å². The number of amides is 1. The Hall–Kier alpha value is -2.87. The maximum atomic E-state index is 12.6. The summed E-state index contributed by atoms with van der Waals surface area (Å²) in [7, 11) is 0. The highest BCUT2D eigenvalue weighted by Gasteiger charge is 2.29. The number of carboxylic acid groups (broad SMARTS) is 1. The van der Waals surface area contributed by atoms with E-state index < -0.39 is 18.1 Å². The van der Waals surface area contributed by atoms with E-state index in [1.165, 1.54) is 0 Å². The Kier molecular flexibility index (Phi) is 6.03. The Morgan fingerprint density at radius 1 is 0.933 bits per heavy atom. The molecule has 2 N–H and O–H groups in total. The van der Waals surface area contributed by atoms with Gasteiger partial charge in [-0.05, 0) is 56.5 Å². The largest absolute Gasteiger partial charge is 0.481 e. The lowest BCUT2D eigenvalue weighted by molar-refractivity contribution is -0.137. The summed E-state index contributed by atoms with van der Waals surface area (Å²) < 4.78 is 6.46. The molecule has 1 atom stereocenters. The van der Waals surface area contributed by atoms with Gasteiger partial charge in [0.1, 0.15) is 6.61 Å². The van der Waals surface area contributed by atoms with Crippen LogP contribution < -0.4 is 5.32 Å². The lowest BCUT2D eigenvalue weighted by atomic mass is 9.98. The molecule has 1 aliphatic rings. The van der Waals surface area contributed by atoms with Crippen molar-refractivity contribution < 1.29 is 19.4 Å². The van der Waals surface area contributed by atoms with Crippen LogP contribution in [0.1, 0.15) is 35.1 Å². The first-order valence-corrected chi connectivity index (χ1v) is 10.7. The van der Waals surface area contributed by atoms with E-state index in [-0.39, 0.29) is 18.9 Å². The van der Waals surface area contributed by atoms with Gasteiger partial charge >= 0.3 is 12.1 Å². The minimum atomic E-state index is -0.987. The number of benzene rings is 3. The van der Waals surface area contributed by atoms with Crippen LogP contribution in [0, 0.1) is 3.57 Å². The van der Waals surface area contributed by atoms with Gasteiger partial charge in [0.25, 0.3) is 0 Å². The highest BCUT2D eigenvalue weighted by Crippen LogP contribution is 2.44. The summed E-state index contributed by atoms with van der Waals surface area (Å²) in [4.78, 5) is 23.9. The predicted molar refractivity (Wildman–Crippen MR) is 122 cm³/mol. The van der Waals surface area contributed by atoms with Crippen LogP contribution in [0.5, 0.6) is 0 Å². The van der Waals surface area contributed by atoms with Crippen molar-refractivity contribution >= 4 is 34.7 Å². The Bertz CT molecular complexity index is 1050. The standard InChI is InChI=1S/C24H20INO4/c25-21-12-6-5-11-19(21)22(13-23(27)28)26-24(29)30-14-20-17-9-3-1-7-15(17)16-8-2-4-10-18(16)20/h1-12,20,22H,13-14H2,(H,26,29)(H,27,28). The average molecular weight is 513 g/mol. The van der Waals surface area contributed by atoms with E-state index in [1.54, 1.807) is 0 Å². The lowest BCUT2D eigenvalue weighted by Crippen LogP contribution is -2.32. The molecule has 0 aliphatic heterocycles. The second kappa shape index (κ2) is 8.87. The molecule has 3 aromatic carbocycles. The van der Waals surface area contributed by atoms with Gasteiger partial charge in [-0.25, -0.2) is 4.79 Å². The molecule has 1 aliphatic carbocycles. The predicted octanol–water partition coefficient (Wildman–Crippen LogP) is 5.35. The number of hydrogen-bond donors (Lipinski definition) is 2. The van der Waals surface area contributed by atoms with Crippen LogP contribution in [-0.4, -0.2) is 23.8 Å². The Morgan fingerprint density at radius 3 is 2.10 bits per heavy atom. The summed E-state index contributed by atoms with van der Waals surface area (Å²) in [5, 5.41) is 12.0. The fourth-order valence-electron chi connectivity index (χ4n) is 3.95. The number of aliphatic carboxylic acids is 1. The van der Waals surface area contributed by atoms with E-state index in [0.29, 0.717) is 0 Å². The zero-order valence-corrected chi connectivity index (χ0v) is 18.2. The molecule has 4 rings (SSSR count). The zero-order valence-electron chi connectivity index (χ0n) is 16.0. The number of hydrogen-bond acceptors (Lipinski definition) is 3. The summed E-state index contributed by atoms with van der Waals surface area (Å²) >= 11 is 2.14. The number of fused-ring (bicyclic) bond motifs is 3. The maximum absolute atomic E-state index is 12.6. The molecule has 0 fully saturated rings. The van der Waals surface area contributed by atoms with Crippen molar-refractivity contribution in [2.75, 3.05) is 6.61 Å². The van der Waals surface area contributed by atoms with Gasteiger partial charge in [0, 0.05) is 9.49 Å². The van der Waals surface area contributed by atoms with Crippen LogP contribution in [0.3, 0.4) is 0 Å². The molecule has 0 heterocycles. The molecule has 0 bridgehead atoms. The van der Waals surface area contributed by atoms with Crippen LogP contribution in [0.15, 0.2) is 72.8 Å². The second-order valence-corrected chi connectivity index (χ2v) is 8.30. The van der Waals surface area contributed by atoms with Gasteiger partial charge in [-0.15, -0.1) is 0 Å². The lowest BCUT2D eigenvalue weighted by Gasteiger charge is -2.20. The van der Waals surface area contributed by atoms with E-state index in [1.807, 2.05) is 48.5 Å². The van der Waals surface area contributed by atoms with Gasteiger partial charge in [0.15, 0.2) is 0 Å². The number of alkyl carbamates (subject to hydrolysis) is 1. The summed E-state index contributed by atoms with van der Waals surface area (Å²) in [6.45, 7) is 0.186. The molecular weight excluding hydrogens is 493 g/mol. The fourth-order valence-corrected chi connectivity index (χ4v) is 4.72. The van der Waals surface area contributed by atoms with E-state index in [0.717, 1.165) is 31.4 Å². The van der Waals surface area contributed by atoms with E-state index in [2.05, 4.69) is 52.2 Å². The number of carbonyl (C=O) groups is 2. The van der Waals surface area contributed by atoms with E-state index in [4.69, 9.17) is 4.74 Å². The fraction of sp³-hybridized carbons (Fsp3) is 0.167. The van der Waals surface area contributed by atoms with Gasteiger partial charge in [-0.3, -0.25) is 4.79 Å². The zero-order chi connectivity index (χ0) is 21.1. The highest BCUT2D eigenvalue weighted by atomic mass is 127. The summed E-state index contributed by atoms with van der Waals surface area (Å²) in [5.41, 5.74) is 5.33. The number of carboxylic acids is 1. The third-order valence-corrected chi connectivity index (χ3v) is 6.28. The minimum Gasteiger partial charge on any atom is -0.481 e. The SMILES string of the molecule is O=C(O)CC(NC(=O)OCC1c2ccccc2-c2ccccc21)c1ccccc1I. The van der Waals surface area contributed by atoms with Crippen molar-refractivity contribution in [2.45, 2.75) is 18.4 Å². The molecule has 5 nitrogen and oxygen atoms in total. The summed E-state index contributed by atoms with van der Waals surface area (Å²) in [6, 6.07) is 23.0. The number of halogens is 1. The van der Waals surface area contributed by atoms with Crippen LogP contribution in [0.25, 0.3) is 11.1 Å². The Labute approximate surface area is 188 Å². The van der Waals surface area contributed by atoms with Gasteiger partial charge in [0.2, 0.25) is 0 Å². The third kappa shape index (κ3) is 4.18. The van der Waals surface area contributed by atoms with Crippen molar-refractivity contribution in [3.05, 3.63) is 93.1 Å². The maximum Gasteiger partial charge on any atom is 0.407 e. The molecule has 1 unspecified atom stereocenters. The molecular formula is C24H20INO4. The molecule has 30 heavy (non-hydrogen) atoms. The molecule has 0 saturated heterocycles. The summed E-state index contributed by atoms with van der Waals surface area (Å²) in [5.74, 6) is -1.03. The van der Waals surface area contributed by atoms with E-state index >= 15 is 0 Å². The second-order valence-electron chi connectivity index (χ2n) is 7.14. The third-order valence-electron chi connectivity index (χ3n) is 5.30.